The van der Waals surface area contributed by atoms with E-state index in [-0.39, 0.29) is 6.04 Å². The first kappa shape index (κ1) is 13.6. The lowest BCUT2D eigenvalue weighted by Crippen LogP contribution is -2.30. The number of benzene rings is 2. The molecule has 0 fully saturated rings. The number of hydrogen-bond acceptors (Lipinski definition) is 1. The van der Waals surface area contributed by atoms with E-state index < -0.39 is 0 Å². The molecule has 2 aromatic rings. The van der Waals surface area contributed by atoms with Crippen LogP contribution < -0.4 is 5.32 Å². The molecule has 1 N–H and O–H groups in total. The fraction of sp³-hybridized carbons (Fsp3) is 0.222. The molecule has 0 amide bonds. The second kappa shape index (κ2) is 6.91. The SMILES string of the molecule is C=CCC(C)NC(c1ccccc1)c1ccccc1. The smallest absolute Gasteiger partial charge is 0.0578 e. The van der Waals surface area contributed by atoms with E-state index in [0.717, 1.165) is 6.42 Å². The van der Waals surface area contributed by atoms with Gasteiger partial charge in [0.25, 0.3) is 0 Å². The molecule has 2 aromatic carbocycles. The first-order valence-electron chi connectivity index (χ1n) is 6.78. The maximum atomic E-state index is 3.81. The summed E-state index contributed by atoms with van der Waals surface area (Å²) >= 11 is 0. The lowest BCUT2D eigenvalue weighted by atomic mass is 9.97. The van der Waals surface area contributed by atoms with E-state index in [2.05, 4.69) is 79.5 Å². The van der Waals surface area contributed by atoms with Crippen LogP contribution in [0.15, 0.2) is 73.3 Å². The molecular formula is C18H21N. The van der Waals surface area contributed by atoms with Crippen molar-refractivity contribution in [3.05, 3.63) is 84.4 Å². The number of hydrogen-bond donors (Lipinski definition) is 1. The van der Waals surface area contributed by atoms with Crippen LogP contribution in [0.2, 0.25) is 0 Å². The van der Waals surface area contributed by atoms with Crippen LogP contribution in [-0.4, -0.2) is 6.04 Å². The molecule has 19 heavy (non-hydrogen) atoms. The van der Waals surface area contributed by atoms with Gasteiger partial charge in [0, 0.05) is 6.04 Å². The first-order chi connectivity index (χ1) is 9.31. The molecule has 98 valence electrons. The van der Waals surface area contributed by atoms with Gasteiger partial charge in [0.1, 0.15) is 0 Å². The van der Waals surface area contributed by atoms with Crippen molar-refractivity contribution in [1.29, 1.82) is 0 Å². The standard InChI is InChI=1S/C18H21N/c1-3-10-15(2)19-18(16-11-6-4-7-12-16)17-13-8-5-9-14-17/h3-9,11-15,18-19H,1,10H2,2H3. The van der Waals surface area contributed by atoms with Gasteiger partial charge in [-0.2, -0.15) is 0 Å². The highest BCUT2D eigenvalue weighted by Gasteiger charge is 2.15. The molecule has 0 aliphatic rings. The van der Waals surface area contributed by atoms with Crippen LogP contribution >= 0.6 is 0 Å². The normalized spacial score (nSPS) is 12.3. The van der Waals surface area contributed by atoms with Crippen molar-refractivity contribution in [2.24, 2.45) is 0 Å². The van der Waals surface area contributed by atoms with Gasteiger partial charge >= 0.3 is 0 Å². The van der Waals surface area contributed by atoms with Crippen LogP contribution in [0.4, 0.5) is 0 Å². The van der Waals surface area contributed by atoms with E-state index >= 15 is 0 Å². The average molecular weight is 251 g/mol. The van der Waals surface area contributed by atoms with E-state index in [1.165, 1.54) is 11.1 Å². The van der Waals surface area contributed by atoms with Crippen LogP contribution in [0.25, 0.3) is 0 Å². The summed E-state index contributed by atoms with van der Waals surface area (Å²) in [6.07, 6.45) is 2.93. The predicted octanol–water partition coefficient (Wildman–Crippen LogP) is 4.33. The van der Waals surface area contributed by atoms with Gasteiger partial charge in [0.2, 0.25) is 0 Å². The van der Waals surface area contributed by atoms with E-state index in [1.807, 2.05) is 6.08 Å². The topological polar surface area (TPSA) is 12.0 Å². The summed E-state index contributed by atoms with van der Waals surface area (Å²) in [4.78, 5) is 0. The van der Waals surface area contributed by atoms with Crippen molar-refractivity contribution in [3.8, 4) is 0 Å². The third-order valence-corrected chi connectivity index (χ3v) is 3.24. The Morgan fingerprint density at radius 3 is 1.84 bits per heavy atom. The van der Waals surface area contributed by atoms with Gasteiger partial charge < -0.3 is 5.32 Å². The van der Waals surface area contributed by atoms with Crippen LogP contribution in [0, 0.1) is 0 Å². The van der Waals surface area contributed by atoms with E-state index in [0.29, 0.717) is 6.04 Å². The van der Waals surface area contributed by atoms with Gasteiger partial charge in [-0.1, -0.05) is 66.7 Å². The Balaban J connectivity index is 2.26. The van der Waals surface area contributed by atoms with E-state index in [1.54, 1.807) is 0 Å². The molecule has 0 saturated heterocycles. The molecule has 0 heterocycles. The van der Waals surface area contributed by atoms with Crippen LogP contribution in [-0.2, 0) is 0 Å². The van der Waals surface area contributed by atoms with Crippen molar-refractivity contribution in [2.45, 2.75) is 25.4 Å². The molecule has 1 atom stereocenters. The monoisotopic (exact) mass is 251 g/mol. The van der Waals surface area contributed by atoms with Gasteiger partial charge in [-0.15, -0.1) is 6.58 Å². The largest absolute Gasteiger partial charge is 0.303 e. The van der Waals surface area contributed by atoms with Crippen molar-refractivity contribution in [2.75, 3.05) is 0 Å². The molecule has 0 bridgehead atoms. The molecule has 0 spiro atoms. The zero-order chi connectivity index (χ0) is 13.5. The Bertz CT molecular complexity index is 450. The summed E-state index contributed by atoms with van der Waals surface area (Å²) in [5.41, 5.74) is 2.59. The lowest BCUT2D eigenvalue weighted by molar-refractivity contribution is 0.502. The van der Waals surface area contributed by atoms with E-state index in [9.17, 15) is 0 Å². The minimum Gasteiger partial charge on any atom is -0.303 e. The Hall–Kier alpha value is -1.86. The molecule has 0 saturated carbocycles. The van der Waals surface area contributed by atoms with Crippen LogP contribution in [0.1, 0.15) is 30.5 Å². The minimum atomic E-state index is 0.234. The van der Waals surface area contributed by atoms with Gasteiger partial charge in [-0.25, -0.2) is 0 Å². The highest BCUT2D eigenvalue weighted by molar-refractivity contribution is 5.31. The Kier molecular flexibility index (Phi) is 4.93. The summed E-state index contributed by atoms with van der Waals surface area (Å²) in [7, 11) is 0. The second-order valence-corrected chi connectivity index (χ2v) is 4.85. The van der Waals surface area contributed by atoms with E-state index in [4.69, 9.17) is 0 Å². The molecule has 2 rings (SSSR count). The summed E-state index contributed by atoms with van der Waals surface area (Å²) in [5, 5.41) is 3.68. The first-order valence-corrected chi connectivity index (χ1v) is 6.78. The minimum absolute atomic E-state index is 0.234. The third-order valence-electron chi connectivity index (χ3n) is 3.24. The molecule has 1 unspecified atom stereocenters. The maximum absolute atomic E-state index is 3.81. The zero-order valence-corrected chi connectivity index (χ0v) is 11.4. The zero-order valence-electron chi connectivity index (χ0n) is 11.4. The predicted molar refractivity (Wildman–Crippen MR) is 82.1 cm³/mol. The Morgan fingerprint density at radius 2 is 1.42 bits per heavy atom. The molecule has 1 heteroatoms. The van der Waals surface area contributed by atoms with Gasteiger partial charge in [0.15, 0.2) is 0 Å². The second-order valence-electron chi connectivity index (χ2n) is 4.85. The maximum Gasteiger partial charge on any atom is 0.0578 e. The molecule has 0 aliphatic carbocycles. The molecule has 0 aromatic heterocycles. The van der Waals surface area contributed by atoms with Crippen molar-refractivity contribution in [1.82, 2.24) is 5.32 Å². The van der Waals surface area contributed by atoms with Crippen molar-refractivity contribution in [3.63, 3.8) is 0 Å². The lowest BCUT2D eigenvalue weighted by Gasteiger charge is -2.23. The van der Waals surface area contributed by atoms with Crippen LogP contribution in [0.5, 0.6) is 0 Å². The van der Waals surface area contributed by atoms with Crippen LogP contribution in [0.3, 0.4) is 0 Å². The summed E-state index contributed by atoms with van der Waals surface area (Å²) in [6.45, 7) is 6.01. The van der Waals surface area contributed by atoms with Crippen molar-refractivity contribution < 1.29 is 0 Å². The van der Waals surface area contributed by atoms with Gasteiger partial charge in [-0.3, -0.25) is 0 Å². The Labute approximate surface area is 116 Å². The Morgan fingerprint density at radius 1 is 0.947 bits per heavy atom. The summed E-state index contributed by atoms with van der Waals surface area (Å²) in [5.74, 6) is 0. The fourth-order valence-electron chi connectivity index (χ4n) is 2.28. The molecule has 0 aliphatic heterocycles. The molecule has 1 nitrogen and oxygen atoms in total. The highest BCUT2D eigenvalue weighted by Crippen LogP contribution is 2.22. The summed E-state index contributed by atoms with van der Waals surface area (Å²) < 4.78 is 0. The molecular weight excluding hydrogens is 230 g/mol. The van der Waals surface area contributed by atoms with Gasteiger partial charge in [-0.05, 0) is 24.5 Å². The van der Waals surface area contributed by atoms with Gasteiger partial charge in [0.05, 0.1) is 6.04 Å². The summed E-state index contributed by atoms with van der Waals surface area (Å²) in [6, 6.07) is 21.8. The number of nitrogens with one attached hydrogen (secondary N) is 1. The fourth-order valence-corrected chi connectivity index (χ4v) is 2.28. The molecule has 0 radical (unpaired) electrons. The average Bonchev–Trinajstić information content (AvgIpc) is 2.47. The van der Waals surface area contributed by atoms with Crippen molar-refractivity contribution >= 4 is 0 Å². The highest BCUT2D eigenvalue weighted by atomic mass is 14.9. The third kappa shape index (κ3) is 3.80. The number of rotatable bonds is 6. The quantitative estimate of drug-likeness (QED) is 0.753.